The molecule has 2 aromatic rings. The molecule has 1 fully saturated rings. The maximum absolute atomic E-state index is 12.5. The van der Waals surface area contributed by atoms with E-state index in [4.69, 9.17) is 5.73 Å². The molecule has 0 unspecified atom stereocenters. The van der Waals surface area contributed by atoms with E-state index in [0.29, 0.717) is 16.6 Å². The largest absolute Gasteiger partial charge is 0.384 e. The molecule has 0 radical (unpaired) electrons. The van der Waals surface area contributed by atoms with Gasteiger partial charge in [-0.05, 0) is 43.5 Å². The third-order valence-electron chi connectivity index (χ3n) is 4.15. The molecule has 0 aliphatic carbocycles. The summed E-state index contributed by atoms with van der Waals surface area (Å²) >= 11 is 1.94. The van der Waals surface area contributed by atoms with Crippen molar-refractivity contribution in [1.29, 1.82) is 0 Å². The van der Waals surface area contributed by atoms with Crippen molar-refractivity contribution in [2.75, 3.05) is 18.8 Å². The van der Waals surface area contributed by atoms with Crippen molar-refractivity contribution in [2.24, 2.45) is 0 Å². The van der Waals surface area contributed by atoms with E-state index < -0.39 is 0 Å². The second kappa shape index (κ2) is 7.04. The van der Waals surface area contributed by atoms with Crippen molar-refractivity contribution in [1.82, 2.24) is 9.88 Å². The first-order valence-corrected chi connectivity index (χ1v) is 8.74. The summed E-state index contributed by atoms with van der Waals surface area (Å²) in [6.45, 7) is 3.74. The number of piperidine rings is 1. The minimum atomic E-state index is 0.0526. The average molecular weight is 327 g/mol. The SMILES string of the molecule is Cc1ccccc1SC1CCN(C(=O)c2ccc(N)nc2)CC1. The molecule has 120 valence electrons. The van der Waals surface area contributed by atoms with Gasteiger partial charge in [-0.15, -0.1) is 11.8 Å². The first-order chi connectivity index (χ1) is 11.1. The fraction of sp³-hybridized carbons (Fsp3) is 0.333. The van der Waals surface area contributed by atoms with E-state index in [2.05, 4.69) is 36.2 Å². The Kier molecular flexibility index (Phi) is 4.86. The van der Waals surface area contributed by atoms with Crippen molar-refractivity contribution in [3.05, 3.63) is 53.7 Å². The van der Waals surface area contributed by atoms with Gasteiger partial charge in [-0.3, -0.25) is 4.79 Å². The lowest BCUT2D eigenvalue weighted by atomic mass is 10.1. The molecule has 1 aliphatic rings. The van der Waals surface area contributed by atoms with Gasteiger partial charge in [0.25, 0.3) is 5.91 Å². The molecule has 0 bridgehead atoms. The Labute approximate surface area is 141 Å². The zero-order chi connectivity index (χ0) is 16.2. The van der Waals surface area contributed by atoms with Gasteiger partial charge >= 0.3 is 0 Å². The van der Waals surface area contributed by atoms with Crippen LogP contribution in [0.3, 0.4) is 0 Å². The molecule has 1 aromatic heterocycles. The number of carbonyl (C=O) groups is 1. The topological polar surface area (TPSA) is 59.2 Å². The van der Waals surface area contributed by atoms with Crippen LogP contribution in [0.5, 0.6) is 0 Å². The summed E-state index contributed by atoms with van der Waals surface area (Å²) in [6.07, 6.45) is 3.60. The summed E-state index contributed by atoms with van der Waals surface area (Å²) in [5.41, 5.74) is 7.51. The zero-order valence-corrected chi connectivity index (χ0v) is 14.1. The molecule has 0 spiro atoms. The summed E-state index contributed by atoms with van der Waals surface area (Å²) in [5.74, 6) is 0.492. The van der Waals surface area contributed by atoms with Crippen LogP contribution in [0.25, 0.3) is 0 Å². The molecule has 0 saturated carbocycles. The maximum Gasteiger partial charge on any atom is 0.255 e. The highest BCUT2D eigenvalue weighted by Gasteiger charge is 2.24. The van der Waals surface area contributed by atoms with Crippen LogP contribution in [0.4, 0.5) is 5.82 Å². The molecule has 2 heterocycles. The number of amides is 1. The normalized spacial score (nSPS) is 15.6. The number of nitrogens with zero attached hydrogens (tertiary/aromatic N) is 2. The van der Waals surface area contributed by atoms with E-state index in [0.717, 1.165) is 25.9 Å². The maximum atomic E-state index is 12.5. The average Bonchev–Trinajstić information content (AvgIpc) is 2.58. The number of likely N-dealkylation sites (tertiary alicyclic amines) is 1. The number of nitrogen functional groups attached to an aromatic ring is 1. The van der Waals surface area contributed by atoms with Crippen LogP contribution >= 0.6 is 11.8 Å². The Bertz CT molecular complexity index is 679. The number of nitrogens with two attached hydrogens (primary N) is 1. The summed E-state index contributed by atoms with van der Waals surface area (Å²) in [6, 6.07) is 11.9. The molecular formula is C18H21N3OS. The van der Waals surface area contributed by atoms with E-state index in [1.807, 2.05) is 16.7 Å². The predicted octanol–water partition coefficient (Wildman–Crippen LogP) is 3.37. The Balaban J connectivity index is 1.57. The lowest BCUT2D eigenvalue weighted by Gasteiger charge is -2.32. The minimum Gasteiger partial charge on any atom is -0.384 e. The number of thioether (sulfide) groups is 1. The van der Waals surface area contributed by atoms with Gasteiger partial charge in [0.2, 0.25) is 0 Å². The monoisotopic (exact) mass is 327 g/mol. The lowest BCUT2D eigenvalue weighted by Crippen LogP contribution is -2.39. The van der Waals surface area contributed by atoms with Crippen LogP contribution in [0, 0.1) is 6.92 Å². The number of pyridine rings is 1. The molecular weight excluding hydrogens is 306 g/mol. The van der Waals surface area contributed by atoms with Crippen molar-refractivity contribution >= 4 is 23.5 Å². The predicted molar refractivity (Wildman–Crippen MR) is 94.6 cm³/mol. The molecule has 23 heavy (non-hydrogen) atoms. The van der Waals surface area contributed by atoms with E-state index in [-0.39, 0.29) is 5.91 Å². The Hall–Kier alpha value is -2.01. The highest BCUT2D eigenvalue weighted by atomic mass is 32.2. The van der Waals surface area contributed by atoms with Gasteiger partial charge in [0.15, 0.2) is 0 Å². The number of aryl methyl sites for hydroxylation is 1. The van der Waals surface area contributed by atoms with Gasteiger partial charge in [-0.1, -0.05) is 18.2 Å². The van der Waals surface area contributed by atoms with Gasteiger partial charge in [0.1, 0.15) is 5.82 Å². The Morgan fingerprint density at radius 3 is 2.61 bits per heavy atom. The molecule has 4 nitrogen and oxygen atoms in total. The molecule has 2 N–H and O–H groups in total. The van der Waals surface area contributed by atoms with E-state index in [9.17, 15) is 4.79 Å². The standard InChI is InChI=1S/C18H21N3OS/c1-13-4-2-3-5-16(13)23-15-8-10-21(11-9-15)18(22)14-6-7-17(19)20-12-14/h2-7,12,15H,8-11H2,1H3,(H2,19,20). The number of aromatic nitrogens is 1. The molecule has 0 atom stereocenters. The fourth-order valence-electron chi connectivity index (χ4n) is 2.76. The van der Waals surface area contributed by atoms with E-state index in [1.165, 1.54) is 10.5 Å². The highest BCUT2D eigenvalue weighted by Crippen LogP contribution is 2.32. The zero-order valence-electron chi connectivity index (χ0n) is 13.2. The number of benzene rings is 1. The van der Waals surface area contributed by atoms with E-state index >= 15 is 0 Å². The number of anilines is 1. The number of hydrogen-bond donors (Lipinski definition) is 1. The second-order valence-electron chi connectivity index (χ2n) is 5.85. The van der Waals surface area contributed by atoms with Gasteiger partial charge in [-0.2, -0.15) is 0 Å². The summed E-state index contributed by atoms with van der Waals surface area (Å²) < 4.78 is 0. The van der Waals surface area contributed by atoms with Gasteiger partial charge in [0, 0.05) is 29.4 Å². The summed E-state index contributed by atoms with van der Waals surface area (Å²) in [4.78, 5) is 19.7. The molecule has 1 amide bonds. The quantitative estimate of drug-likeness (QED) is 0.939. The lowest BCUT2D eigenvalue weighted by molar-refractivity contribution is 0.0727. The van der Waals surface area contributed by atoms with Crippen LogP contribution in [0.1, 0.15) is 28.8 Å². The number of carbonyl (C=O) groups excluding carboxylic acids is 1. The van der Waals surface area contributed by atoms with Crippen LogP contribution in [0.2, 0.25) is 0 Å². The van der Waals surface area contributed by atoms with E-state index in [1.54, 1.807) is 18.3 Å². The van der Waals surface area contributed by atoms with Crippen molar-refractivity contribution in [2.45, 2.75) is 29.9 Å². The van der Waals surface area contributed by atoms with Crippen LogP contribution in [-0.4, -0.2) is 34.1 Å². The first kappa shape index (κ1) is 15.9. The number of hydrogen-bond acceptors (Lipinski definition) is 4. The summed E-state index contributed by atoms with van der Waals surface area (Å²) in [7, 11) is 0. The second-order valence-corrected chi connectivity index (χ2v) is 7.19. The van der Waals surface area contributed by atoms with Gasteiger partial charge in [-0.25, -0.2) is 4.98 Å². The fourth-order valence-corrected chi connectivity index (χ4v) is 3.98. The van der Waals surface area contributed by atoms with Crippen LogP contribution in [0.15, 0.2) is 47.5 Å². The third kappa shape index (κ3) is 3.85. The molecule has 1 aromatic carbocycles. The highest BCUT2D eigenvalue weighted by molar-refractivity contribution is 8.00. The van der Waals surface area contributed by atoms with Crippen LogP contribution in [-0.2, 0) is 0 Å². The Morgan fingerprint density at radius 2 is 1.96 bits per heavy atom. The van der Waals surface area contributed by atoms with Crippen molar-refractivity contribution in [3.8, 4) is 0 Å². The molecule has 3 rings (SSSR count). The molecule has 5 heteroatoms. The summed E-state index contributed by atoms with van der Waals surface area (Å²) in [5, 5.41) is 0.574. The van der Waals surface area contributed by atoms with Crippen molar-refractivity contribution < 1.29 is 4.79 Å². The smallest absolute Gasteiger partial charge is 0.255 e. The van der Waals surface area contributed by atoms with Crippen molar-refractivity contribution in [3.63, 3.8) is 0 Å². The first-order valence-electron chi connectivity index (χ1n) is 7.86. The third-order valence-corrected chi connectivity index (χ3v) is 5.67. The minimum absolute atomic E-state index is 0.0526. The Morgan fingerprint density at radius 1 is 1.22 bits per heavy atom. The number of rotatable bonds is 3. The van der Waals surface area contributed by atoms with Gasteiger partial charge < -0.3 is 10.6 Å². The molecule has 1 aliphatic heterocycles. The van der Waals surface area contributed by atoms with Gasteiger partial charge in [0.05, 0.1) is 5.56 Å². The molecule has 1 saturated heterocycles. The van der Waals surface area contributed by atoms with Crippen LogP contribution < -0.4 is 5.73 Å².